The Morgan fingerprint density at radius 2 is 2.05 bits per heavy atom. The number of hydrogen-bond acceptors (Lipinski definition) is 5. The molecule has 0 radical (unpaired) electrons. The normalized spacial score (nSPS) is 11.7. The maximum Gasteiger partial charge on any atom is 0.305 e. The van der Waals surface area contributed by atoms with Gasteiger partial charge >= 0.3 is 5.97 Å². The van der Waals surface area contributed by atoms with Crippen molar-refractivity contribution in [3.8, 4) is 0 Å². The standard InChI is InChI=1S/C13H20N4O3/c1-3-5-9(8-12(18)19)15-11-7-6-10(16-17-11)13(20)14-4-2/h6-7,9H,3-5,8H2,1-2H3,(H,14,20)(H,15,17)(H,18,19). The van der Waals surface area contributed by atoms with Crippen molar-refractivity contribution >= 4 is 17.7 Å². The predicted octanol–water partition coefficient (Wildman–Crippen LogP) is 1.28. The highest BCUT2D eigenvalue weighted by molar-refractivity contribution is 5.92. The van der Waals surface area contributed by atoms with Crippen molar-refractivity contribution in [1.29, 1.82) is 0 Å². The first kappa shape index (κ1) is 15.9. The van der Waals surface area contributed by atoms with Crippen LogP contribution >= 0.6 is 0 Å². The summed E-state index contributed by atoms with van der Waals surface area (Å²) in [5, 5.41) is 22.2. The lowest BCUT2D eigenvalue weighted by Crippen LogP contribution is -2.25. The van der Waals surface area contributed by atoms with Gasteiger partial charge in [0.2, 0.25) is 0 Å². The quantitative estimate of drug-likeness (QED) is 0.662. The molecule has 0 saturated carbocycles. The number of carboxylic acid groups (broad SMARTS) is 1. The fraction of sp³-hybridized carbons (Fsp3) is 0.538. The monoisotopic (exact) mass is 280 g/mol. The fourth-order valence-electron chi connectivity index (χ4n) is 1.78. The molecule has 3 N–H and O–H groups in total. The van der Waals surface area contributed by atoms with E-state index in [-0.39, 0.29) is 24.1 Å². The fourth-order valence-corrected chi connectivity index (χ4v) is 1.78. The van der Waals surface area contributed by atoms with Gasteiger partial charge in [0.1, 0.15) is 5.82 Å². The zero-order chi connectivity index (χ0) is 15.0. The summed E-state index contributed by atoms with van der Waals surface area (Å²) in [5.74, 6) is -0.664. The summed E-state index contributed by atoms with van der Waals surface area (Å²) in [7, 11) is 0. The molecule has 0 fully saturated rings. The van der Waals surface area contributed by atoms with Crippen LogP contribution < -0.4 is 10.6 Å². The molecule has 1 rings (SSSR count). The minimum atomic E-state index is -0.858. The van der Waals surface area contributed by atoms with Gasteiger partial charge in [-0.3, -0.25) is 9.59 Å². The molecule has 110 valence electrons. The summed E-state index contributed by atoms with van der Waals surface area (Å²) in [6.45, 7) is 4.33. The van der Waals surface area contributed by atoms with Crippen molar-refractivity contribution in [2.24, 2.45) is 0 Å². The molecule has 0 bridgehead atoms. The van der Waals surface area contributed by atoms with E-state index in [0.29, 0.717) is 12.4 Å². The second-order valence-electron chi connectivity index (χ2n) is 4.39. The van der Waals surface area contributed by atoms with Crippen molar-refractivity contribution in [2.75, 3.05) is 11.9 Å². The molecule has 0 aliphatic rings. The summed E-state index contributed by atoms with van der Waals surface area (Å²) in [6, 6.07) is 2.99. The Balaban J connectivity index is 2.67. The van der Waals surface area contributed by atoms with Crippen molar-refractivity contribution in [1.82, 2.24) is 15.5 Å². The van der Waals surface area contributed by atoms with Crippen LogP contribution in [0.4, 0.5) is 5.82 Å². The van der Waals surface area contributed by atoms with Crippen molar-refractivity contribution in [3.05, 3.63) is 17.8 Å². The van der Waals surface area contributed by atoms with Gasteiger partial charge in [-0.25, -0.2) is 0 Å². The van der Waals surface area contributed by atoms with E-state index in [1.165, 1.54) is 0 Å². The molecular formula is C13H20N4O3. The molecule has 1 heterocycles. The largest absolute Gasteiger partial charge is 0.481 e. The lowest BCUT2D eigenvalue weighted by Gasteiger charge is -2.16. The van der Waals surface area contributed by atoms with E-state index in [4.69, 9.17) is 5.11 Å². The first-order chi connectivity index (χ1) is 9.56. The van der Waals surface area contributed by atoms with Crippen LogP contribution in [-0.4, -0.2) is 39.8 Å². The molecular weight excluding hydrogens is 260 g/mol. The molecule has 1 aromatic rings. The number of carbonyl (C=O) groups excluding carboxylic acids is 1. The summed E-state index contributed by atoms with van der Waals surface area (Å²) >= 11 is 0. The Bertz CT molecular complexity index is 447. The van der Waals surface area contributed by atoms with Gasteiger partial charge < -0.3 is 15.7 Å². The lowest BCUT2D eigenvalue weighted by molar-refractivity contribution is -0.137. The second kappa shape index (κ2) is 8.08. The highest BCUT2D eigenvalue weighted by atomic mass is 16.4. The molecule has 1 unspecified atom stereocenters. The van der Waals surface area contributed by atoms with Crippen LogP contribution in [0.2, 0.25) is 0 Å². The zero-order valence-electron chi connectivity index (χ0n) is 11.7. The first-order valence-electron chi connectivity index (χ1n) is 6.67. The maximum atomic E-state index is 11.5. The van der Waals surface area contributed by atoms with Gasteiger partial charge in [0, 0.05) is 12.6 Å². The third-order valence-electron chi connectivity index (χ3n) is 2.64. The SMILES string of the molecule is CCCC(CC(=O)O)Nc1ccc(C(=O)NCC)nn1. The van der Waals surface area contributed by atoms with Crippen molar-refractivity contribution < 1.29 is 14.7 Å². The molecule has 0 spiro atoms. The van der Waals surface area contributed by atoms with E-state index in [1.54, 1.807) is 12.1 Å². The van der Waals surface area contributed by atoms with E-state index in [0.717, 1.165) is 12.8 Å². The number of nitrogens with one attached hydrogen (secondary N) is 2. The number of nitrogens with zero attached hydrogens (tertiary/aromatic N) is 2. The van der Waals surface area contributed by atoms with E-state index in [1.807, 2.05) is 13.8 Å². The average molecular weight is 280 g/mol. The molecule has 0 saturated heterocycles. The summed E-state index contributed by atoms with van der Waals surface area (Å²) in [6.07, 6.45) is 1.62. The molecule has 7 heteroatoms. The zero-order valence-corrected chi connectivity index (χ0v) is 11.7. The van der Waals surface area contributed by atoms with Gasteiger partial charge in [-0.2, -0.15) is 0 Å². The molecule has 1 atom stereocenters. The van der Waals surface area contributed by atoms with Gasteiger partial charge in [0.05, 0.1) is 6.42 Å². The Labute approximate surface area is 117 Å². The summed E-state index contributed by atoms with van der Waals surface area (Å²) < 4.78 is 0. The van der Waals surface area contributed by atoms with Crippen LogP contribution in [-0.2, 0) is 4.79 Å². The van der Waals surface area contributed by atoms with Gasteiger partial charge in [-0.1, -0.05) is 13.3 Å². The Hall–Kier alpha value is -2.18. The van der Waals surface area contributed by atoms with Gasteiger partial charge in [0.25, 0.3) is 5.91 Å². The Morgan fingerprint density at radius 1 is 1.30 bits per heavy atom. The molecule has 0 aliphatic carbocycles. The number of carbonyl (C=O) groups is 2. The first-order valence-corrected chi connectivity index (χ1v) is 6.67. The van der Waals surface area contributed by atoms with Gasteiger partial charge in [-0.05, 0) is 25.5 Å². The molecule has 1 aromatic heterocycles. The predicted molar refractivity (Wildman–Crippen MR) is 74.6 cm³/mol. The molecule has 0 aliphatic heterocycles. The number of aromatic nitrogens is 2. The number of aliphatic carboxylic acids is 1. The second-order valence-corrected chi connectivity index (χ2v) is 4.39. The maximum absolute atomic E-state index is 11.5. The topological polar surface area (TPSA) is 104 Å². The smallest absolute Gasteiger partial charge is 0.305 e. The third-order valence-corrected chi connectivity index (χ3v) is 2.64. The number of anilines is 1. The van der Waals surface area contributed by atoms with E-state index in [9.17, 15) is 9.59 Å². The molecule has 0 aromatic carbocycles. The van der Waals surface area contributed by atoms with Crippen molar-refractivity contribution in [2.45, 2.75) is 39.2 Å². The van der Waals surface area contributed by atoms with Crippen LogP contribution in [0.5, 0.6) is 0 Å². The number of carboxylic acids is 1. The number of rotatable bonds is 8. The van der Waals surface area contributed by atoms with Gasteiger partial charge in [-0.15, -0.1) is 10.2 Å². The van der Waals surface area contributed by atoms with Crippen LogP contribution in [0, 0.1) is 0 Å². The average Bonchev–Trinajstić information content (AvgIpc) is 2.39. The van der Waals surface area contributed by atoms with Crippen LogP contribution in [0.1, 0.15) is 43.6 Å². The molecule has 7 nitrogen and oxygen atoms in total. The van der Waals surface area contributed by atoms with Crippen LogP contribution in [0.3, 0.4) is 0 Å². The van der Waals surface area contributed by atoms with Crippen LogP contribution in [0.25, 0.3) is 0 Å². The highest BCUT2D eigenvalue weighted by Gasteiger charge is 2.13. The van der Waals surface area contributed by atoms with Gasteiger partial charge in [0.15, 0.2) is 5.69 Å². The summed E-state index contributed by atoms with van der Waals surface area (Å²) in [4.78, 5) is 22.3. The van der Waals surface area contributed by atoms with Crippen LogP contribution in [0.15, 0.2) is 12.1 Å². The van der Waals surface area contributed by atoms with E-state index < -0.39 is 5.97 Å². The van der Waals surface area contributed by atoms with E-state index in [2.05, 4.69) is 20.8 Å². The number of amides is 1. The minimum Gasteiger partial charge on any atom is -0.481 e. The Morgan fingerprint density at radius 3 is 2.55 bits per heavy atom. The highest BCUT2D eigenvalue weighted by Crippen LogP contribution is 2.10. The third kappa shape index (κ3) is 5.21. The minimum absolute atomic E-state index is 0.0214. The molecule has 1 amide bonds. The Kier molecular flexibility index (Phi) is 6.42. The molecule has 20 heavy (non-hydrogen) atoms. The lowest BCUT2D eigenvalue weighted by atomic mass is 10.1. The van der Waals surface area contributed by atoms with Crippen molar-refractivity contribution in [3.63, 3.8) is 0 Å². The number of hydrogen-bond donors (Lipinski definition) is 3. The summed E-state index contributed by atoms with van der Waals surface area (Å²) in [5.41, 5.74) is 0.239. The van der Waals surface area contributed by atoms with E-state index >= 15 is 0 Å².